The number of carbonyl (C=O) groups excluding carboxylic acids is 2. The van der Waals surface area contributed by atoms with Crippen LogP contribution in [0.2, 0.25) is 0 Å². The van der Waals surface area contributed by atoms with Crippen LogP contribution < -0.4 is 10.6 Å². The Morgan fingerprint density at radius 3 is 2.63 bits per heavy atom. The number of anilines is 1. The molecule has 1 aliphatic rings. The van der Waals surface area contributed by atoms with Gasteiger partial charge in [0.2, 0.25) is 15.9 Å². The minimum Gasteiger partial charge on any atom is -0.350 e. The quantitative estimate of drug-likeness (QED) is 0.740. The van der Waals surface area contributed by atoms with Crippen molar-refractivity contribution in [2.24, 2.45) is 5.92 Å². The van der Waals surface area contributed by atoms with Crippen LogP contribution in [-0.2, 0) is 14.8 Å². The van der Waals surface area contributed by atoms with E-state index in [1.807, 2.05) is 20.8 Å². The molecule has 150 valence electrons. The predicted molar refractivity (Wildman–Crippen MR) is 106 cm³/mol. The number of piperidine rings is 1. The molecule has 0 spiro atoms. The molecule has 0 saturated carbocycles. The lowest BCUT2D eigenvalue weighted by Crippen LogP contribution is -2.44. The van der Waals surface area contributed by atoms with Crippen molar-refractivity contribution >= 4 is 27.5 Å². The molecule has 8 heteroatoms. The summed E-state index contributed by atoms with van der Waals surface area (Å²) in [6.07, 6.45) is 1.83. The highest BCUT2D eigenvalue weighted by Crippen LogP contribution is 2.23. The Morgan fingerprint density at radius 1 is 1.26 bits per heavy atom. The molecule has 1 atom stereocenters. The lowest BCUT2D eigenvalue weighted by atomic mass is 9.98. The maximum Gasteiger partial charge on any atom is 0.253 e. The lowest BCUT2D eigenvalue weighted by molar-refractivity contribution is -0.120. The SMILES string of the molecule is CCCS(=O)(=O)N1CCC[C@H](C(=O)Nc2ccccc2C(=O)NC(C)C)C1. The normalized spacial score (nSPS) is 18.3. The van der Waals surface area contributed by atoms with E-state index in [1.54, 1.807) is 24.3 Å². The largest absolute Gasteiger partial charge is 0.350 e. The molecule has 7 nitrogen and oxygen atoms in total. The van der Waals surface area contributed by atoms with Crippen LogP contribution in [0, 0.1) is 5.92 Å². The van der Waals surface area contributed by atoms with E-state index in [2.05, 4.69) is 10.6 Å². The van der Waals surface area contributed by atoms with E-state index in [0.717, 1.165) is 0 Å². The molecule has 27 heavy (non-hydrogen) atoms. The van der Waals surface area contributed by atoms with Crippen LogP contribution in [0.1, 0.15) is 50.4 Å². The van der Waals surface area contributed by atoms with Crippen molar-refractivity contribution in [3.8, 4) is 0 Å². The number of para-hydroxylation sites is 1. The van der Waals surface area contributed by atoms with Crippen molar-refractivity contribution in [2.45, 2.75) is 46.1 Å². The van der Waals surface area contributed by atoms with Gasteiger partial charge in [-0.1, -0.05) is 19.1 Å². The minimum absolute atomic E-state index is 0.0167. The molecule has 1 aromatic rings. The van der Waals surface area contributed by atoms with Crippen molar-refractivity contribution in [3.63, 3.8) is 0 Å². The maximum atomic E-state index is 12.7. The highest BCUT2D eigenvalue weighted by molar-refractivity contribution is 7.89. The third-order valence-electron chi connectivity index (χ3n) is 4.46. The lowest BCUT2D eigenvalue weighted by Gasteiger charge is -2.31. The Bertz CT molecular complexity index is 777. The molecule has 2 rings (SSSR count). The van der Waals surface area contributed by atoms with Gasteiger partial charge in [0, 0.05) is 19.1 Å². The summed E-state index contributed by atoms with van der Waals surface area (Å²) in [6.45, 7) is 6.21. The van der Waals surface area contributed by atoms with Crippen molar-refractivity contribution in [3.05, 3.63) is 29.8 Å². The molecule has 1 heterocycles. The first-order valence-electron chi connectivity index (χ1n) is 9.43. The third-order valence-corrected chi connectivity index (χ3v) is 6.50. The van der Waals surface area contributed by atoms with E-state index in [9.17, 15) is 18.0 Å². The number of hydrogen-bond acceptors (Lipinski definition) is 4. The van der Waals surface area contributed by atoms with Gasteiger partial charge in [0.1, 0.15) is 0 Å². The monoisotopic (exact) mass is 395 g/mol. The molecule has 1 aromatic carbocycles. The van der Waals surface area contributed by atoms with Crippen LogP contribution in [-0.4, -0.2) is 49.4 Å². The first-order valence-corrected chi connectivity index (χ1v) is 11.0. The van der Waals surface area contributed by atoms with Crippen LogP contribution in [0.5, 0.6) is 0 Å². The number of nitrogens with one attached hydrogen (secondary N) is 2. The van der Waals surface area contributed by atoms with Gasteiger partial charge in [-0.2, -0.15) is 0 Å². The highest BCUT2D eigenvalue weighted by Gasteiger charge is 2.32. The van der Waals surface area contributed by atoms with Gasteiger partial charge >= 0.3 is 0 Å². The van der Waals surface area contributed by atoms with Gasteiger partial charge in [-0.25, -0.2) is 12.7 Å². The standard InChI is InChI=1S/C19H29N3O4S/c1-4-12-27(25,26)22-11-7-8-15(13-22)18(23)21-17-10-6-5-9-16(17)19(24)20-14(2)3/h5-6,9-10,14-15H,4,7-8,11-13H2,1-3H3,(H,20,24)(H,21,23)/t15-/m0/s1. The van der Waals surface area contributed by atoms with Crippen molar-refractivity contribution in [1.82, 2.24) is 9.62 Å². The summed E-state index contributed by atoms with van der Waals surface area (Å²) >= 11 is 0. The van der Waals surface area contributed by atoms with Crippen LogP contribution in [0.4, 0.5) is 5.69 Å². The molecule has 0 aliphatic carbocycles. The minimum atomic E-state index is -3.32. The molecule has 0 aromatic heterocycles. The molecule has 1 fully saturated rings. The second kappa shape index (κ2) is 9.32. The Labute approximate surface area is 161 Å². The smallest absolute Gasteiger partial charge is 0.253 e. The van der Waals surface area contributed by atoms with Gasteiger partial charge in [-0.3, -0.25) is 9.59 Å². The van der Waals surface area contributed by atoms with E-state index in [-0.39, 0.29) is 30.2 Å². The van der Waals surface area contributed by atoms with Gasteiger partial charge in [0.15, 0.2) is 0 Å². The predicted octanol–water partition coefficient (Wildman–Crippen LogP) is 2.22. The van der Waals surface area contributed by atoms with Crippen LogP contribution in [0.3, 0.4) is 0 Å². The fraction of sp³-hybridized carbons (Fsp3) is 0.579. The van der Waals surface area contributed by atoms with E-state index < -0.39 is 15.9 Å². The van der Waals surface area contributed by atoms with Crippen molar-refractivity contribution in [2.75, 3.05) is 24.2 Å². The van der Waals surface area contributed by atoms with Gasteiger partial charge in [0.25, 0.3) is 5.91 Å². The zero-order chi connectivity index (χ0) is 20.0. The Balaban J connectivity index is 2.10. The molecule has 2 N–H and O–H groups in total. The summed E-state index contributed by atoms with van der Waals surface area (Å²) in [6, 6.07) is 6.82. The molecule has 2 amide bonds. The topological polar surface area (TPSA) is 95.6 Å². The molecular weight excluding hydrogens is 366 g/mol. The van der Waals surface area contributed by atoms with Crippen molar-refractivity contribution < 1.29 is 18.0 Å². The molecule has 1 aliphatic heterocycles. The number of carbonyl (C=O) groups is 2. The van der Waals surface area contributed by atoms with Gasteiger partial charge in [-0.05, 0) is 45.2 Å². The number of sulfonamides is 1. The number of hydrogen-bond donors (Lipinski definition) is 2. The summed E-state index contributed by atoms with van der Waals surface area (Å²) < 4.78 is 26.0. The van der Waals surface area contributed by atoms with Crippen LogP contribution >= 0.6 is 0 Å². The van der Waals surface area contributed by atoms with Crippen LogP contribution in [0.25, 0.3) is 0 Å². The fourth-order valence-corrected chi connectivity index (χ4v) is 4.75. The van der Waals surface area contributed by atoms with Crippen molar-refractivity contribution in [1.29, 1.82) is 0 Å². The van der Waals surface area contributed by atoms with Gasteiger partial charge in [-0.15, -0.1) is 0 Å². The van der Waals surface area contributed by atoms with E-state index >= 15 is 0 Å². The number of rotatable bonds is 7. The Kier molecular flexibility index (Phi) is 7.38. The van der Waals surface area contributed by atoms with Gasteiger partial charge < -0.3 is 10.6 Å². The summed E-state index contributed by atoms with van der Waals surface area (Å²) in [5, 5.41) is 5.63. The number of amides is 2. The average molecular weight is 396 g/mol. The second-order valence-electron chi connectivity index (χ2n) is 7.18. The number of nitrogens with zero attached hydrogens (tertiary/aromatic N) is 1. The second-order valence-corrected chi connectivity index (χ2v) is 9.26. The summed E-state index contributed by atoms with van der Waals surface area (Å²) in [4.78, 5) is 25.1. The van der Waals surface area contributed by atoms with E-state index in [4.69, 9.17) is 0 Å². The maximum absolute atomic E-state index is 12.7. The fourth-order valence-electron chi connectivity index (χ4n) is 3.16. The third kappa shape index (κ3) is 5.77. The van der Waals surface area contributed by atoms with E-state index in [1.165, 1.54) is 4.31 Å². The molecular formula is C19H29N3O4S. The Hall–Kier alpha value is -1.93. The average Bonchev–Trinajstić information content (AvgIpc) is 2.61. The summed E-state index contributed by atoms with van der Waals surface area (Å²) in [5.41, 5.74) is 0.833. The first kappa shape index (κ1) is 21.4. The first-order chi connectivity index (χ1) is 12.7. The molecule has 0 unspecified atom stereocenters. The molecule has 1 saturated heterocycles. The number of benzene rings is 1. The van der Waals surface area contributed by atoms with Crippen LogP contribution in [0.15, 0.2) is 24.3 Å². The van der Waals surface area contributed by atoms with E-state index in [0.29, 0.717) is 37.1 Å². The highest BCUT2D eigenvalue weighted by atomic mass is 32.2. The van der Waals surface area contributed by atoms with Gasteiger partial charge in [0.05, 0.1) is 22.9 Å². The Morgan fingerprint density at radius 2 is 1.96 bits per heavy atom. The summed E-state index contributed by atoms with van der Waals surface area (Å²) in [5.74, 6) is -0.834. The summed E-state index contributed by atoms with van der Waals surface area (Å²) in [7, 11) is -3.32. The zero-order valence-corrected chi connectivity index (χ0v) is 17.0. The zero-order valence-electron chi connectivity index (χ0n) is 16.2. The molecule has 0 bridgehead atoms. The molecule has 0 radical (unpaired) electrons.